The summed E-state index contributed by atoms with van der Waals surface area (Å²) in [4.78, 5) is 7.16. The van der Waals surface area contributed by atoms with Crippen molar-refractivity contribution in [3.05, 3.63) is 16.1 Å². The van der Waals surface area contributed by atoms with Crippen molar-refractivity contribution in [2.75, 3.05) is 20.1 Å². The number of nitrogens with zero attached hydrogens (tertiary/aromatic N) is 2. The van der Waals surface area contributed by atoms with E-state index in [0.29, 0.717) is 0 Å². The van der Waals surface area contributed by atoms with Gasteiger partial charge in [-0.2, -0.15) is 0 Å². The molecule has 0 bridgehead atoms. The highest BCUT2D eigenvalue weighted by atomic mass is 35.5. The van der Waals surface area contributed by atoms with Crippen LogP contribution in [0.1, 0.15) is 36.9 Å². The molecule has 0 unspecified atom stereocenters. The van der Waals surface area contributed by atoms with Gasteiger partial charge in [-0.05, 0) is 45.8 Å². The van der Waals surface area contributed by atoms with Crippen molar-refractivity contribution in [3.63, 3.8) is 0 Å². The fraction of sp³-hybridized carbons (Fsp3) is 0.769. The third-order valence-corrected chi connectivity index (χ3v) is 4.36. The molecular formula is C13H25Cl2N3S. The van der Waals surface area contributed by atoms with Gasteiger partial charge in [-0.15, -0.1) is 36.2 Å². The van der Waals surface area contributed by atoms with E-state index >= 15 is 0 Å². The van der Waals surface area contributed by atoms with Gasteiger partial charge in [0.05, 0.1) is 10.7 Å². The van der Waals surface area contributed by atoms with Crippen LogP contribution in [0.25, 0.3) is 0 Å². The van der Waals surface area contributed by atoms with Crippen molar-refractivity contribution in [1.82, 2.24) is 15.2 Å². The Bertz CT molecular complexity index is 340. The number of nitrogens with one attached hydrogen (secondary N) is 1. The van der Waals surface area contributed by atoms with E-state index in [1.807, 2.05) is 11.3 Å². The zero-order chi connectivity index (χ0) is 12.1. The lowest BCUT2D eigenvalue weighted by Crippen LogP contribution is -2.40. The first-order valence-corrected chi connectivity index (χ1v) is 7.51. The summed E-state index contributed by atoms with van der Waals surface area (Å²) in [7, 11) is 2.23. The van der Waals surface area contributed by atoms with Gasteiger partial charge in [-0.1, -0.05) is 6.92 Å². The number of aryl methyl sites for hydroxylation is 1. The normalized spacial score (nSPS) is 15.9. The molecule has 1 fully saturated rings. The van der Waals surface area contributed by atoms with Crippen molar-refractivity contribution >= 4 is 36.2 Å². The Morgan fingerprint density at radius 2 is 2.05 bits per heavy atom. The first-order valence-electron chi connectivity index (χ1n) is 6.64. The van der Waals surface area contributed by atoms with E-state index in [1.165, 1.54) is 30.0 Å². The van der Waals surface area contributed by atoms with Gasteiger partial charge in [0.25, 0.3) is 0 Å². The average molecular weight is 326 g/mol. The standard InChI is InChI=1S/C13H23N3S.2ClH/c1-3-4-13-15-11(10-17-13)9-16(2)12-5-7-14-8-6-12;;/h10,12,14H,3-9H2,1-2H3;2*1H. The lowest BCUT2D eigenvalue weighted by Gasteiger charge is -2.31. The van der Waals surface area contributed by atoms with Gasteiger partial charge in [0.15, 0.2) is 0 Å². The second-order valence-electron chi connectivity index (χ2n) is 4.88. The molecule has 0 amide bonds. The first kappa shape index (κ1) is 19.1. The molecule has 0 aromatic carbocycles. The predicted octanol–water partition coefficient (Wildman–Crippen LogP) is 3.12. The molecule has 6 heteroatoms. The molecule has 2 heterocycles. The van der Waals surface area contributed by atoms with Crippen molar-refractivity contribution in [2.24, 2.45) is 0 Å². The van der Waals surface area contributed by atoms with Crippen LogP contribution in [0.4, 0.5) is 0 Å². The Labute approximate surface area is 133 Å². The topological polar surface area (TPSA) is 28.2 Å². The van der Waals surface area contributed by atoms with Gasteiger partial charge in [-0.3, -0.25) is 4.90 Å². The Hall–Kier alpha value is 0.130. The van der Waals surface area contributed by atoms with Crippen LogP contribution < -0.4 is 5.32 Å². The van der Waals surface area contributed by atoms with Crippen molar-refractivity contribution in [2.45, 2.75) is 45.2 Å². The minimum absolute atomic E-state index is 0. The number of hydrogen-bond acceptors (Lipinski definition) is 4. The van der Waals surface area contributed by atoms with Crippen molar-refractivity contribution in [1.29, 1.82) is 0 Å². The minimum atomic E-state index is 0. The number of thiazole rings is 1. The SMILES string of the molecule is CCCc1nc(CN(C)C2CCNCC2)cs1.Cl.Cl. The van der Waals surface area contributed by atoms with Gasteiger partial charge in [0, 0.05) is 18.0 Å². The molecule has 1 aromatic rings. The van der Waals surface area contributed by atoms with Gasteiger partial charge in [0.1, 0.15) is 0 Å². The zero-order valence-corrected chi connectivity index (χ0v) is 14.2. The van der Waals surface area contributed by atoms with Crippen LogP contribution in [0.3, 0.4) is 0 Å². The molecule has 0 aliphatic carbocycles. The highest BCUT2D eigenvalue weighted by molar-refractivity contribution is 7.09. The Morgan fingerprint density at radius 1 is 1.37 bits per heavy atom. The fourth-order valence-corrected chi connectivity index (χ4v) is 3.27. The van der Waals surface area contributed by atoms with E-state index in [4.69, 9.17) is 4.98 Å². The molecule has 1 N–H and O–H groups in total. The van der Waals surface area contributed by atoms with Gasteiger partial charge in [0.2, 0.25) is 0 Å². The molecule has 3 nitrogen and oxygen atoms in total. The molecule has 0 radical (unpaired) electrons. The number of aromatic nitrogens is 1. The molecule has 0 saturated carbocycles. The second kappa shape index (κ2) is 9.94. The van der Waals surface area contributed by atoms with E-state index < -0.39 is 0 Å². The van der Waals surface area contributed by atoms with Gasteiger partial charge >= 0.3 is 0 Å². The van der Waals surface area contributed by atoms with Crippen molar-refractivity contribution in [3.8, 4) is 0 Å². The lowest BCUT2D eigenvalue weighted by atomic mass is 10.1. The van der Waals surface area contributed by atoms with E-state index in [-0.39, 0.29) is 24.8 Å². The third-order valence-electron chi connectivity index (χ3n) is 3.41. The summed E-state index contributed by atoms with van der Waals surface area (Å²) in [6.45, 7) is 5.54. The quantitative estimate of drug-likeness (QED) is 0.901. The molecule has 0 atom stereocenters. The highest BCUT2D eigenvalue weighted by Gasteiger charge is 2.18. The predicted molar refractivity (Wildman–Crippen MR) is 88.0 cm³/mol. The zero-order valence-electron chi connectivity index (χ0n) is 11.7. The minimum Gasteiger partial charge on any atom is -0.317 e. The molecule has 0 spiro atoms. The molecule has 1 saturated heterocycles. The summed E-state index contributed by atoms with van der Waals surface area (Å²) >= 11 is 1.81. The number of rotatable bonds is 5. The second-order valence-corrected chi connectivity index (χ2v) is 5.82. The lowest BCUT2D eigenvalue weighted by molar-refractivity contribution is 0.190. The smallest absolute Gasteiger partial charge is 0.0928 e. The Kier molecular flexibility index (Phi) is 10.0. The molecular weight excluding hydrogens is 301 g/mol. The summed E-state index contributed by atoms with van der Waals surface area (Å²) in [5, 5.41) is 6.93. The van der Waals surface area contributed by atoms with Crippen LogP contribution in [0.2, 0.25) is 0 Å². The van der Waals surface area contributed by atoms with Gasteiger partial charge in [-0.25, -0.2) is 4.98 Å². The summed E-state index contributed by atoms with van der Waals surface area (Å²) in [6, 6.07) is 0.729. The van der Waals surface area contributed by atoms with Crippen molar-refractivity contribution < 1.29 is 0 Å². The number of halogens is 2. The van der Waals surface area contributed by atoms with E-state index in [9.17, 15) is 0 Å². The number of hydrogen-bond donors (Lipinski definition) is 1. The van der Waals surface area contributed by atoms with Gasteiger partial charge < -0.3 is 5.32 Å². The number of piperidine rings is 1. The maximum absolute atomic E-state index is 4.70. The summed E-state index contributed by atoms with van der Waals surface area (Å²) in [5.74, 6) is 0. The highest BCUT2D eigenvalue weighted by Crippen LogP contribution is 2.16. The Balaban J connectivity index is 0.00000162. The van der Waals surface area contributed by atoms with Crippen LogP contribution in [-0.4, -0.2) is 36.1 Å². The summed E-state index contributed by atoms with van der Waals surface area (Å²) < 4.78 is 0. The molecule has 1 aromatic heterocycles. The molecule has 112 valence electrons. The Morgan fingerprint density at radius 3 is 2.68 bits per heavy atom. The molecule has 19 heavy (non-hydrogen) atoms. The van der Waals surface area contributed by atoms with E-state index in [1.54, 1.807) is 0 Å². The maximum atomic E-state index is 4.70. The van der Waals surface area contributed by atoms with E-state index in [0.717, 1.165) is 32.1 Å². The van der Waals surface area contributed by atoms with Crippen LogP contribution in [-0.2, 0) is 13.0 Å². The first-order chi connectivity index (χ1) is 8.29. The van der Waals surface area contributed by atoms with Crippen LogP contribution in [0.5, 0.6) is 0 Å². The van der Waals surface area contributed by atoms with Crippen LogP contribution in [0.15, 0.2) is 5.38 Å². The fourth-order valence-electron chi connectivity index (χ4n) is 2.38. The maximum Gasteiger partial charge on any atom is 0.0928 e. The molecule has 2 rings (SSSR count). The van der Waals surface area contributed by atoms with Crippen LogP contribution in [0, 0.1) is 0 Å². The summed E-state index contributed by atoms with van der Waals surface area (Å²) in [6.07, 6.45) is 4.85. The largest absolute Gasteiger partial charge is 0.317 e. The monoisotopic (exact) mass is 325 g/mol. The molecule has 1 aliphatic rings. The summed E-state index contributed by atoms with van der Waals surface area (Å²) in [5.41, 5.74) is 1.25. The third kappa shape index (κ3) is 5.96. The average Bonchev–Trinajstić information content (AvgIpc) is 2.78. The van der Waals surface area contributed by atoms with Crippen LogP contribution >= 0.6 is 36.2 Å². The molecule has 1 aliphatic heterocycles. The van der Waals surface area contributed by atoms with E-state index in [2.05, 4.69) is 29.6 Å².